The summed E-state index contributed by atoms with van der Waals surface area (Å²) in [6.07, 6.45) is 5.43. The van der Waals surface area contributed by atoms with Crippen LogP contribution < -0.4 is 10.2 Å². The highest BCUT2D eigenvalue weighted by Crippen LogP contribution is 2.36. The van der Waals surface area contributed by atoms with Crippen molar-refractivity contribution in [2.75, 3.05) is 18.0 Å². The van der Waals surface area contributed by atoms with Gasteiger partial charge in [0.05, 0.1) is 0 Å². The van der Waals surface area contributed by atoms with E-state index in [-0.39, 0.29) is 5.54 Å². The van der Waals surface area contributed by atoms with E-state index in [1.807, 2.05) is 0 Å². The highest BCUT2D eigenvalue weighted by atomic mass is 15.3. The Morgan fingerprint density at radius 2 is 1.67 bits per heavy atom. The molecule has 1 spiro atoms. The average Bonchev–Trinajstić information content (AvgIpc) is 2.76. The highest BCUT2D eigenvalue weighted by Gasteiger charge is 2.44. The normalized spacial score (nSPS) is 25.6. The second-order valence-corrected chi connectivity index (χ2v) is 6.69. The monoisotopic (exact) mass is 244 g/mol. The Morgan fingerprint density at radius 1 is 1.00 bits per heavy atom. The van der Waals surface area contributed by atoms with Gasteiger partial charge in [0.15, 0.2) is 0 Å². The van der Waals surface area contributed by atoms with Crippen molar-refractivity contribution in [3.63, 3.8) is 0 Å². The molecule has 0 radical (unpaired) electrons. The lowest BCUT2D eigenvalue weighted by Gasteiger charge is -2.50. The summed E-state index contributed by atoms with van der Waals surface area (Å²) < 4.78 is 0. The molecule has 1 aromatic carbocycles. The van der Waals surface area contributed by atoms with E-state index < -0.39 is 0 Å². The van der Waals surface area contributed by atoms with Gasteiger partial charge in [0, 0.05) is 29.9 Å². The Labute approximate surface area is 110 Å². The quantitative estimate of drug-likeness (QED) is 0.816. The minimum Gasteiger partial charge on any atom is -0.368 e. The van der Waals surface area contributed by atoms with E-state index in [0.29, 0.717) is 5.54 Å². The molecule has 2 nitrogen and oxygen atoms in total. The van der Waals surface area contributed by atoms with Gasteiger partial charge in [0.1, 0.15) is 0 Å². The molecule has 98 valence electrons. The van der Waals surface area contributed by atoms with Gasteiger partial charge < -0.3 is 10.2 Å². The molecule has 2 fully saturated rings. The van der Waals surface area contributed by atoms with Crippen molar-refractivity contribution >= 4 is 5.69 Å². The summed E-state index contributed by atoms with van der Waals surface area (Å²) in [5, 5.41) is 3.93. The summed E-state index contributed by atoms with van der Waals surface area (Å²) in [5.41, 5.74) is 1.94. The fraction of sp³-hybridized carbons (Fsp3) is 0.625. The van der Waals surface area contributed by atoms with Gasteiger partial charge in [-0.3, -0.25) is 0 Å². The molecule has 1 heterocycles. The lowest BCUT2D eigenvalue weighted by molar-refractivity contribution is 0.197. The maximum atomic E-state index is 3.93. The number of nitrogens with zero attached hydrogens (tertiary/aromatic N) is 1. The maximum absolute atomic E-state index is 3.93. The number of hydrogen-bond acceptors (Lipinski definition) is 2. The second-order valence-electron chi connectivity index (χ2n) is 6.69. The van der Waals surface area contributed by atoms with Crippen LogP contribution in [0.25, 0.3) is 0 Å². The zero-order valence-corrected chi connectivity index (χ0v) is 11.6. The van der Waals surface area contributed by atoms with Gasteiger partial charge in [0.2, 0.25) is 0 Å². The van der Waals surface area contributed by atoms with Crippen LogP contribution in [0, 0.1) is 0 Å². The van der Waals surface area contributed by atoms with Gasteiger partial charge in [-0.1, -0.05) is 31.0 Å². The minimum absolute atomic E-state index is 0.207. The molecule has 1 aliphatic carbocycles. The van der Waals surface area contributed by atoms with Crippen LogP contribution in [0.3, 0.4) is 0 Å². The standard InChI is InChI=1S/C16H24N2/c1-15(2)12-18(14-8-4-3-5-9-14)13-16(17-15)10-6-7-11-16/h3-5,8-9,17H,6-7,10-13H2,1-2H3. The van der Waals surface area contributed by atoms with Crippen molar-refractivity contribution in [1.82, 2.24) is 5.32 Å². The van der Waals surface area contributed by atoms with Crippen LogP contribution in [0.15, 0.2) is 30.3 Å². The van der Waals surface area contributed by atoms with Crippen LogP contribution in [0.5, 0.6) is 0 Å². The lowest BCUT2D eigenvalue weighted by Crippen LogP contribution is -2.68. The Balaban J connectivity index is 1.87. The third kappa shape index (κ3) is 2.26. The Hall–Kier alpha value is -1.02. The number of nitrogens with one attached hydrogen (secondary N) is 1. The summed E-state index contributed by atoms with van der Waals surface area (Å²) >= 11 is 0. The van der Waals surface area contributed by atoms with E-state index >= 15 is 0 Å². The number of hydrogen-bond donors (Lipinski definition) is 1. The smallest absolute Gasteiger partial charge is 0.0367 e. The predicted molar refractivity (Wildman–Crippen MR) is 77.1 cm³/mol. The van der Waals surface area contributed by atoms with Crippen LogP contribution in [-0.4, -0.2) is 24.2 Å². The van der Waals surface area contributed by atoms with Crippen molar-refractivity contribution in [3.05, 3.63) is 30.3 Å². The molecule has 1 N–H and O–H groups in total. The molecule has 2 aliphatic rings. The van der Waals surface area contributed by atoms with E-state index in [4.69, 9.17) is 0 Å². The van der Waals surface area contributed by atoms with Gasteiger partial charge in [-0.2, -0.15) is 0 Å². The zero-order chi connectivity index (χ0) is 12.6. The van der Waals surface area contributed by atoms with Crippen molar-refractivity contribution in [1.29, 1.82) is 0 Å². The molecule has 0 aromatic heterocycles. The Kier molecular flexibility index (Phi) is 2.86. The first-order chi connectivity index (χ1) is 8.59. The zero-order valence-electron chi connectivity index (χ0n) is 11.6. The van der Waals surface area contributed by atoms with Crippen LogP contribution in [-0.2, 0) is 0 Å². The third-order valence-electron chi connectivity index (χ3n) is 4.37. The van der Waals surface area contributed by atoms with Gasteiger partial charge in [0.25, 0.3) is 0 Å². The van der Waals surface area contributed by atoms with Crippen LogP contribution in [0.2, 0.25) is 0 Å². The van der Waals surface area contributed by atoms with Crippen LogP contribution >= 0.6 is 0 Å². The SMILES string of the molecule is CC1(C)CN(c2ccccc2)CC2(CCCC2)N1. The van der Waals surface area contributed by atoms with E-state index in [0.717, 1.165) is 6.54 Å². The highest BCUT2D eigenvalue weighted by molar-refractivity contribution is 5.48. The Morgan fingerprint density at radius 3 is 2.33 bits per heavy atom. The molecule has 1 saturated heterocycles. The molecule has 1 saturated carbocycles. The first-order valence-electron chi connectivity index (χ1n) is 7.18. The Bertz CT molecular complexity index is 404. The van der Waals surface area contributed by atoms with E-state index in [1.54, 1.807) is 0 Å². The molecule has 1 aromatic rings. The average molecular weight is 244 g/mol. The van der Waals surface area contributed by atoms with Gasteiger partial charge in [-0.05, 0) is 38.8 Å². The number of piperazine rings is 1. The lowest BCUT2D eigenvalue weighted by atomic mass is 9.87. The molecule has 1 aliphatic heterocycles. The minimum atomic E-state index is 0.207. The number of anilines is 1. The van der Waals surface area contributed by atoms with E-state index in [1.165, 1.54) is 37.9 Å². The van der Waals surface area contributed by atoms with Crippen molar-refractivity contribution < 1.29 is 0 Å². The number of rotatable bonds is 1. The van der Waals surface area contributed by atoms with Gasteiger partial charge >= 0.3 is 0 Å². The number of para-hydroxylation sites is 1. The summed E-state index contributed by atoms with van der Waals surface area (Å²) in [7, 11) is 0. The number of benzene rings is 1. The summed E-state index contributed by atoms with van der Waals surface area (Å²) in [5.74, 6) is 0. The van der Waals surface area contributed by atoms with E-state index in [2.05, 4.69) is 54.4 Å². The fourth-order valence-electron chi connectivity index (χ4n) is 3.85. The van der Waals surface area contributed by atoms with E-state index in [9.17, 15) is 0 Å². The molecule has 2 heteroatoms. The van der Waals surface area contributed by atoms with Crippen molar-refractivity contribution in [2.45, 2.75) is 50.6 Å². The topological polar surface area (TPSA) is 15.3 Å². The predicted octanol–water partition coefficient (Wildman–Crippen LogP) is 3.19. The molecule has 0 unspecified atom stereocenters. The molecular weight excluding hydrogens is 220 g/mol. The summed E-state index contributed by atoms with van der Waals surface area (Å²) in [6.45, 7) is 6.93. The molecule has 0 atom stereocenters. The summed E-state index contributed by atoms with van der Waals surface area (Å²) in [4.78, 5) is 2.57. The summed E-state index contributed by atoms with van der Waals surface area (Å²) in [6, 6.07) is 10.9. The maximum Gasteiger partial charge on any atom is 0.0367 e. The van der Waals surface area contributed by atoms with Gasteiger partial charge in [-0.25, -0.2) is 0 Å². The van der Waals surface area contributed by atoms with Crippen LogP contribution in [0.1, 0.15) is 39.5 Å². The molecule has 0 amide bonds. The van der Waals surface area contributed by atoms with Crippen LogP contribution in [0.4, 0.5) is 5.69 Å². The molecule has 18 heavy (non-hydrogen) atoms. The van der Waals surface area contributed by atoms with Gasteiger partial charge in [-0.15, -0.1) is 0 Å². The molecular formula is C16H24N2. The molecule has 3 rings (SSSR count). The van der Waals surface area contributed by atoms with Crippen molar-refractivity contribution in [3.8, 4) is 0 Å². The molecule has 0 bridgehead atoms. The fourth-order valence-corrected chi connectivity index (χ4v) is 3.85. The third-order valence-corrected chi connectivity index (χ3v) is 4.37. The largest absolute Gasteiger partial charge is 0.368 e. The second kappa shape index (κ2) is 4.27. The first kappa shape index (κ1) is 12.0. The van der Waals surface area contributed by atoms with Crippen molar-refractivity contribution in [2.24, 2.45) is 0 Å². The first-order valence-corrected chi connectivity index (χ1v) is 7.18.